The van der Waals surface area contributed by atoms with Crippen molar-refractivity contribution >= 4 is 33.2 Å². The largest absolute Gasteiger partial charge is 0.349 e. The lowest BCUT2D eigenvalue weighted by molar-refractivity contribution is 0.0975. The highest BCUT2D eigenvalue weighted by atomic mass is 79.9. The zero-order chi connectivity index (χ0) is 15.0. The van der Waals surface area contributed by atoms with E-state index in [4.69, 9.17) is 0 Å². The van der Waals surface area contributed by atoms with E-state index in [0.29, 0.717) is 0 Å². The van der Waals surface area contributed by atoms with Crippen LogP contribution in [0.1, 0.15) is 21.0 Å². The maximum atomic E-state index is 13.7. The number of halogens is 2. The lowest BCUT2D eigenvalue weighted by Crippen LogP contribution is -2.26. The van der Waals surface area contributed by atoms with Crippen LogP contribution in [-0.4, -0.2) is 21.5 Å². The molecule has 21 heavy (non-hydrogen) atoms. The van der Waals surface area contributed by atoms with Crippen molar-refractivity contribution in [3.63, 3.8) is 0 Å². The van der Waals surface area contributed by atoms with Crippen LogP contribution in [-0.2, 0) is 0 Å². The number of Topliss-reactive ketones (excluding diaryl/α,β-unsaturated/α-hetero) is 2. The number of hydrogen-bond donors (Lipinski definition) is 1. The molecule has 1 aliphatic rings. The zero-order valence-corrected chi connectivity index (χ0v) is 12.0. The number of carbonyl (C=O) groups excluding carboxylic acids is 2. The number of nitrogens with zero attached hydrogens (tertiary/aromatic N) is 2. The van der Waals surface area contributed by atoms with Crippen molar-refractivity contribution in [3.05, 3.63) is 64.0 Å². The quantitative estimate of drug-likeness (QED) is 0.904. The number of ketones is 2. The number of benzene rings is 1. The Morgan fingerprint density at radius 3 is 2.29 bits per heavy atom. The Labute approximate surface area is 127 Å². The Morgan fingerprint density at radius 2 is 1.62 bits per heavy atom. The van der Waals surface area contributed by atoms with E-state index in [1.54, 1.807) is 6.07 Å². The molecule has 0 fully saturated rings. The van der Waals surface area contributed by atoms with Gasteiger partial charge >= 0.3 is 0 Å². The Kier molecular flexibility index (Phi) is 3.34. The second kappa shape index (κ2) is 5.17. The molecule has 3 rings (SSSR count). The molecule has 1 aromatic heterocycles. The third-order valence-corrected chi connectivity index (χ3v) is 3.66. The van der Waals surface area contributed by atoms with Gasteiger partial charge in [0.15, 0.2) is 0 Å². The maximum Gasteiger partial charge on any atom is 0.231 e. The Balaban J connectivity index is 2.07. The molecule has 0 spiro atoms. The zero-order valence-electron chi connectivity index (χ0n) is 10.4. The lowest BCUT2D eigenvalue weighted by Gasteiger charge is -2.17. The number of anilines is 1. The summed E-state index contributed by atoms with van der Waals surface area (Å²) in [6.07, 6.45) is 2.66. The van der Waals surface area contributed by atoms with Crippen molar-refractivity contribution in [1.82, 2.24) is 9.97 Å². The van der Waals surface area contributed by atoms with E-state index in [9.17, 15) is 14.0 Å². The average Bonchev–Trinajstić information content (AvgIpc) is 2.51. The number of hydrogen-bond acceptors (Lipinski definition) is 5. The van der Waals surface area contributed by atoms with E-state index in [2.05, 4.69) is 31.2 Å². The van der Waals surface area contributed by atoms with Gasteiger partial charge in [-0.15, -0.1) is 0 Å². The fourth-order valence-corrected chi connectivity index (χ4v) is 2.38. The number of fused-ring (bicyclic) bond motifs is 1. The van der Waals surface area contributed by atoms with Crippen molar-refractivity contribution in [2.75, 3.05) is 5.32 Å². The number of nitrogens with one attached hydrogen (secondary N) is 1. The third-order valence-electron chi connectivity index (χ3n) is 2.91. The highest BCUT2D eigenvalue weighted by Gasteiger charge is 2.33. The Bertz CT molecular complexity index is 804. The summed E-state index contributed by atoms with van der Waals surface area (Å²) in [5, 5.41) is 2.64. The fourth-order valence-electron chi connectivity index (χ4n) is 1.91. The highest BCUT2D eigenvalue weighted by molar-refractivity contribution is 9.12. The Morgan fingerprint density at radius 1 is 1.00 bits per heavy atom. The smallest absolute Gasteiger partial charge is 0.231 e. The monoisotopic (exact) mass is 347 g/mol. The summed E-state index contributed by atoms with van der Waals surface area (Å²) < 4.78 is 13.7. The van der Waals surface area contributed by atoms with Crippen LogP contribution < -0.4 is 5.32 Å². The van der Waals surface area contributed by atoms with Crippen molar-refractivity contribution in [2.45, 2.75) is 0 Å². The minimum absolute atomic E-state index is 0.00348. The molecular weight excluding hydrogens is 341 g/mol. The summed E-state index contributed by atoms with van der Waals surface area (Å²) in [5.74, 6) is -1.53. The number of aromatic nitrogens is 2. The molecule has 0 unspecified atom stereocenters. The SMILES string of the molecule is O=C1C(Br)=C(Nc2ccccc2F)C(=O)c2nccnc21. The lowest BCUT2D eigenvalue weighted by atomic mass is 10.0. The fraction of sp³-hybridized carbons (Fsp3) is 0. The second-order valence-electron chi connectivity index (χ2n) is 4.21. The first kappa shape index (κ1) is 13.6. The van der Waals surface area contributed by atoms with E-state index >= 15 is 0 Å². The summed E-state index contributed by atoms with van der Waals surface area (Å²) in [6, 6.07) is 5.85. The molecule has 104 valence electrons. The summed E-state index contributed by atoms with van der Waals surface area (Å²) in [6.45, 7) is 0. The first-order valence-corrected chi connectivity index (χ1v) is 6.70. The van der Waals surface area contributed by atoms with Crippen molar-refractivity contribution in [3.8, 4) is 0 Å². The van der Waals surface area contributed by atoms with Gasteiger partial charge in [0, 0.05) is 12.4 Å². The van der Waals surface area contributed by atoms with E-state index in [-0.39, 0.29) is 27.3 Å². The van der Waals surface area contributed by atoms with Crippen LogP contribution in [0.15, 0.2) is 46.8 Å². The molecule has 0 saturated heterocycles. The summed E-state index contributed by atoms with van der Waals surface area (Å²) in [5.41, 5.74) is -0.0333. The normalized spacial score (nSPS) is 14.2. The molecule has 1 aromatic carbocycles. The molecule has 7 heteroatoms. The predicted molar refractivity (Wildman–Crippen MR) is 76.7 cm³/mol. The Hall–Kier alpha value is -2.41. The minimum Gasteiger partial charge on any atom is -0.349 e. The summed E-state index contributed by atoms with van der Waals surface area (Å²) in [7, 11) is 0. The second-order valence-corrected chi connectivity index (χ2v) is 5.00. The topological polar surface area (TPSA) is 72.0 Å². The number of allylic oxidation sites excluding steroid dienone is 2. The van der Waals surface area contributed by atoms with Gasteiger partial charge in [-0.1, -0.05) is 12.1 Å². The molecule has 0 bridgehead atoms. The molecule has 0 atom stereocenters. The molecule has 0 amide bonds. The summed E-state index contributed by atoms with van der Waals surface area (Å²) >= 11 is 3.07. The van der Waals surface area contributed by atoms with E-state index in [1.807, 2.05) is 0 Å². The highest BCUT2D eigenvalue weighted by Crippen LogP contribution is 2.28. The van der Waals surface area contributed by atoms with Gasteiger partial charge in [-0.3, -0.25) is 9.59 Å². The molecule has 0 aliphatic heterocycles. The first-order chi connectivity index (χ1) is 10.1. The molecule has 1 aliphatic carbocycles. The van der Waals surface area contributed by atoms with Gasteiger partial charge in [-0.05, 0) is 28.1 Å². The minimum atomic E-state index is -0.532. The van der Waals surface area contributed by atoms with Crippen molar-refractivity contribution < 1.29 is 14.0 Å². The van der Waals surface area contributed by atoms with Crippen LogP contribution in [0.25, 0.3) is 0 Å². The maximum absolute atomic E-state index is 13.7. The molecule has 5 nitrogen and oxygen atoms in total. The van der Waals surface area contributed by atoms with Crippen LogP contribution in [0.5, 0.6) is 0 Å². The molecule has 2 aromatic rings. The van der Waals surface area contributed by atoms with Crippen molar-refractivity contribution in [1.29, 1.82) is 0 Å². The van der Waals surface area contributed by atoms with Gasteiger partial charge in [0.2, 0.25) is 11.6 Å². The number of para-hydroxylation sites is 1. The van der Waals surface area contributed by atoms with Gasteiger partial charge < -0.3 is 5.32 Å². The van der Waals surface area contributed by atoms with E-state index in [0.717, 1.165) is 0 Å². The molecule has 0 saturated carbocycles. The van der Waals surface area contributed by atoms with Crippen LogP contribution in [0, 0.1) is 5.82 Å². The van der Waals surface area contributed by atoms with Crippen LogP contribution in [0.4, 0.5) is 10.1 Å². The van der Waals surface area contributed by atoms with Gasteiger partial charge in [0.1, 0.15) is 22.9 Å². The van der Waals surface area contributed by atoms with Gasteiger partial charge in [-0.25, -0.2) is 14.4 Å². The van der Waals surface area contributed by atoms with Gasteiger partial charge in [0.05, 0.1) is 10.2 Å². The van der Waals surface area contributed by atoms with Gasteiger partial charge in [0.25, 0.3) is 0 Å². The van der Waals surface area contributed by atoms with E-state index < -0.39 is 17.4 Å². The van der Waals surface area contributed by atoms with Crippen LogP contribution in [0.2, 0.25) is 0 Å². The van der Waals surface area contributed by atoms with Crippen LogP contribution >= 0.6 is 15.9 Å². The number of carbonyl (C=O) groups is 2. The summed E-state index contributed by atoms with van der Waals surface area (Å²) in [4.78, 5) is 32.3. The van der Waals surface area contributed by atoms with Crippen molar-refractivity contribution in [2.24, 2.45) is 0 Å². The van der Waals surface area contributed by atoms with Crippen LogP contribution in [0.3, 0.4) is 0 Å². The first-order valence-electron chi connectivity index (χ1n) is 5.91. The predicted octanol–water partition coefficient (Wildman–Crippen LogP) is 2.71. The van der Waals surface area contributed by atoms with Gasteiger partial charge in [-0.2, -0.15) is 0 Å². The molecule has 0 radical (unpaired) electrons. The molecule has 1 N–H and O–H groups in total. The molecule has 1 heterocycles. The molecular formula is C14H7BrFN3O2. The number of rotatable bonds is 2. The standard InChI is InChI=1S/C14H7BrFN3O2/c15-9-10(19-8-4-2-1-3-7(8)16)14(21)12-11(13(9)20)17-5-6-18-12/h1-6,19H. The van der Waals surface area contributed by atoms with E-state index in [1.165, 1.54) is 30.6 Å². The average molecular weight is 348 g/mol. The third kappa shape index (κ3) is 2.25.